The number of pyridine rings is 1. The Labute approximate surface area is 168 Å². The van der Waals surface area contributed by atoms with Gasteiger partial charge >= 0.3 is 5.97 Å². The van der Waals surface area contributed by atoms with E-state index in [2.05, 4.69) is 4.98 Å². The normalized spacial score (nSPS) is 10.7. The summed E-state index contributed by atoms with van der Waals surface area (Å²) in [6, 6.07) is 21.8. The molecule has 0 aliphatic heterocycles. The zero-order valence-electron chi connectivity index (χ0n) is 15.9. The smallest absolute Gasteiger partial charge is 0.338 e. The predicted molar refractivity (Wildman–Crippen MR) is 110 cm³/mol. The van der Waals surface area contributed by atoms with E-state index in [1.54, 1.807) is 35.4 Å². The molecule has 0 atom stereocenters. The summed E-state index contributed by atoms with van der Waals surface area (Å²) in [5.41, 5.74) is 2.91. The number of methoxy groups -OCH3 is 1. The minimum Gasteiger partial charge on any atom is -0.465 e. The van der Waals surface area contributed by atoms with E-state index in [-0.39, 0.29) is 17.0 Å². The third-order valence-corrected chi connectivity index (χ3v) is 4.69. The number of hydrogen-bond donors (Lipinski definition) is 0. The lowest BCUT2D eigenvalue weighted by Crippen LogP contribution is -2.32. The van der Waals surface area contributed by atoms with Crippen molar-refractivity contribution < 1.29 is 14.3 Å². The summed E-state index contributed by atoms with van der Waals surface area (Å²) in [7, 11) is 1.30. The van der Waals surface area contributed by atoms with Gasteiger partial charge in [0.1, 0.15) is 5.65 Å². The Morgan fingerprint density at radius 2 is 1.62 bits per heavy atom. The molecule has 0 unspecified atom stereocenters. The van der Waals surface area contributed by atoms with Crippen molar-refractivity contribution in [3.63, 3.8) is 0 Å². The highest BCUT2D eigenvalue weighted by Gasteiger charge is 2.24. The van der Waals surface area contributed by atoms with Crippen molar-refractivity contribution in [2.75, 3.05) is 12.0 Å². The van der Waals surface area contributed by atoms with Crippen LogP contribution in [0.4, 0.5) is 5.69 Å². The number of ether oxygens (including phenoxy) is 1. The SMILES string of the molecule is COC(=O)c1ccccc1C(=O)N(Cc1cnc2ccccn12)c1ccccc1. The van der Waals surface area contributed by atoms with Crippen LogP contribution in [-0.2, 0) is 11.3 Å². The number of para-hydroxylation sites is 1. The predicted octanol–water partition coefficient (Wildman–Crippen LogP) is 3.97. The van der Waals surface area contributed by atoms with Gasteiger partial charge in [-0.15, -0.1) is 0 Å². The number of amides is 1. The van der Waals surface area contributed by atoms with Crippen molar-refractivity contribution in [1.29, 1.82) is 0 Å². The van der Waals surface area contributed by atoms with E-state index >= 15 is 0 Å². The number of carbonyl (C=O) groups excluding carboxylic acids is 2. The summed E-state index contributed by atoms with van der Waals surface area (Å²) in [4.78, 5) is 31.8. The first-order valence-electron chi connectivity index (χ1n) is 9.14. The van der Waals surface area contributed by atoms with Gasteiger partial charge in [0, 0.05) is 11.9 Å². The molecule has 0 N–H and O–H groups in total. The molecule has 2 aromatic heterocycles. The van der Waals surface area contributed by atoms with Gasteiger partial charge in [-0.3, -0.25) is 4.79 Å². The maximum absolute atomic E-state index is 13.5. The number of anilines is 1. The highest BCUT2D eigenvalue weighted by molar-refractivity contribution is 6.12. The first-order chi connectivity index (χ1) is 14.2. The van der Waals surface area contributed by atoms with Crippen LogP contribution in [0.1, 0.15) is 26.4 Å². The van der Waals surface area contributed by atoms with E-state index < -0.39 is 5.97 Å². The number of imidazole rings is 1. The molecule has 6 heteroatoms. The van der Waals surface area contributed by atoms with Crippen LogP contribution >= 0.6 is 0 Å². The van der Waals surface area contributed by atoms with Gasteiger partial charge in [-0.2, -0.15) is 0 Å². The Hall–Kier alpha value is -3.93. The Morgan fingerprint density at radius 1 is 0.931 bits per heavy atom. The zero-order chi connectivity index (χ0) is 20.2. The largest absolute Gasteiger partial charge is 0.465 e. The molecular formula is C23H19N3O3. The first kappa shape index (κ1) is 18.4. The van der Waals surface area contributed by atoms with Crippen molar-refractivity contribution >= 4 is 23.2 Å². The van der Waals surface area contributed by atoms with Gasteiger partial charge in [0.05, 0.1) is 36.7 Å². The number of fused-ring (bicyclic) bond motifs is 1. The molecular weight excluding hydrogens is 366 g/mol. The van der Waals surface area contributed by atoms with E-state index in [4.69, 9.17) is 4.74 Å². The van der Waals surface area contributed by atoms with Crippen LogP contribution in [0.25, 0.3) is 5.65 Å². The Kier molecular flexibility index (Phi) is 5.07. The molecule has 4 aromatic rings. The lowest BCUT2D eigenvalue weighted by atomic mass is 10.1. The number of aromatic nitrogens is 2. The van der Waals surface area contributed by atoms with Gasteiger partial charge in [-0.25, -0.2) is 9.78 Å². The molecule has 0 aliphatic rings. The molecule has 29 heavy (non-hydrogen) atoms. The second-order valence-corrected chi connectivity index (χ2v) is 6.44. The van der Waals surface area contributed by atoms with Crippen LogP contribution in [-0.4, -0.2) is 28.4 Å². The molecule has 4 rings (SSSR count). The average molecular weight is 385 g/mol. The summed E-state index contributed by atoms with van der Waals surface area (Å²) in [6.07, 6.45) is 3.67. The average Bonchev–Trinajstić information content (AvgIpc) is 3.20. The van der Waals surface area contributed by atoms with Crippen LogP contribution in [0.2, 0.25) is 0 Å². The molecule has 2 heterocycles. The van der Waals surface area contributed by atoms with E-state index in [0.29, 0.717) is 6.54 Å². The minimum absolute atomic E-state index is 0.235. The molecule has 144 valence electrons. The molecule has 2 aromatic carbocycles. The second-order valence-electron chi connectivity index (χ2n) is 6.44. The van der Waals surface area contributed by atoms with Gasteiger partial charge in [-0.1, -0.05) is 36.4 Å². The lowest BCUT2D eigenvalue weighted by Gasteiger charge is -2.23. The fraction of sp³-hybridized carbons (Fsp3) is 0.0870. The second kappa shape index (κ2) is 7.98. The molecule has 0 bridgehead atoms. The maximum Gasteiger partial charge on any atom is 0.338 e. The molecule has 0 fully saturated rings. The molecule has 0 saturated carbocycles. The standard InChI is InChI=1S/C23H19N3O3/c1-29-23(28)20-12-6-5-11-19(20)22(27)26(17-9-3-2-4-10-17)16-18-15-24-21-13-7-8-14-25(18)21/h2-15H,16H2,1H3. The van der Waals surface area contributed by atoms with E-state index in [0.717, 1.165) is 17.0 Å². The van der Waals surface area contributed by atoms with Crippen LogP contribution < -0.4 is 4.90 Å². The monoisotopic (exact) mass is 385 g/mol. The molecule has 6 nitrogen and oxygen atoms in total. The summed E-state index contributed by atoms with van der Waals surface area (Å²) >= 11 is 0. The van der Waals surface area contributed by atoms with Crippen LogP contribution in [0.3, 0.4) is 0 Å². The Bertz CT molecular complexity index is 1170. The number of carbonyl (C=O) groups is 2. The van der Waals surface area contributed by atoms with Crippen molar-refractivity contribution in [3.05, 3.63) is 102 Å². The number of nitrogens with zero attached hydrogens (tertiary/aromatic N) is 3. The lowest BCUT2D eigenvalue weighted by molar-refractivity contribution is 0.0597. The van der Waals surface area contributed by atoms with Crippen LogP contribution in [0.15, 0.2) is 85.2 Å². The summed E-state index contributed by atoms with van der Waals surface area (Å²) < 4.78 is 6.79. The van der Waals surface area contributed by atoms with Crippen LogP contribution in [0.5, 0.6) is 0 Å². The van der Waals surface area contributed by atoms with Crippen molar-refractivity contribution in [2.45, 2.75) is 6.54 Å². The van der Waals surface area contributed by atoms with Gasteiger partial charge in [0.25, 0.3) is 5.91 Å². The van der Waals surface area contributed by atoms with E-state index in [9.17, 15) is 9.59 Å². The minimum atomic E-state index is -0.545. The molecule has 0 spiro atoms. The van der Waals surface area contributed by atoms with E-state index in [1.165, 1.54) is 7.11 Å². The highest BCUT2D eigenvalue weighted by atomic mass is 16.5. The summed E-state index contributed by atoms with van der Waals surface area (Å²) in [5.74, 6) is -0.833. The summed E-state index contributed by atoms with van der Waals surface area (Å²) in [5, 5.41) is 0. The van der Waals surface area contributed by atoms with Gasteiger partial charge < -0.3 is 14.0 Å². The highest BCUT2D eigenvalue weighted by Crippen LogP contribution is 2.22. The zero-order valence-corrected chi connectivity index (χ0v) is 15.9. The number of benzene rings is 2. The Morgan fingerprint density at radius 3 is 2.38 bits per heavy atom. The third kappa shape index (κ3) is 3.60. The number of esters is 1. The van der Waals surface area contributed by atoms with Crippen molar-refractivity contribution in [3.8, 4) is 0 Å². The van der Waals surface area contributed by atoms with Crippen LogP contribution in [0, 0.1) is 0 Å². The van der Waals surface area contributed by atoms with Gasteiger partial charge in [-0.05, 0) is 36.4 Å². The quantitative estimate of drug-likeness (QED) is 0.488. The number of rotatable bonds is 5. The molecule has 1 amide bonds. The maximum atomic E-state index is 13.5. The third-order valence-electron chi connectivity index (χ3n) is 4.69. The van der Waals surface area contributed by atoms with E-state index in [1.807, 2.05) is 59.1 Å². The molecule has 0 aliphatic carbocycles. The molecule has 0 saturated heterocycles. The first-order valence-corrected chi connectivity index (χ1v) is 9.14. The topological polar surface area (TPSA) is 63.9 Å². The Balaban J connectivity index is 1.78. The fourth-order valence-electron chi connectivity index (χ4n) is 3.26. The fourth-order valence-corrected chi connectivity index (χ4v) is 3.26. The molecule has 0 radical (unpaired) electrons. The van der Waals surface area contributed by atoms with Crippen molar-refractivity contribution in [1.82, 2.24) is 9.38 Å². The van der Waals surface area contributed by atoms with Gasteiger partial charge in [0.15, 0.2) is 0 Å². The van der Waals surface area contributed by atoms with Gasteiger partial charge in [0.2, 0.25) is 0 Å². The number of hydrogen-bond acceptors (Lipinski definition) is 4. The van der Waals surface area contributed by atoms with Crippen molar-refractivity contribution in [2.24, 2.45) is 0 Å². The summed E-state index contributed by atoms with van der Waals surface area (Å²) in [6.45, 7) is 0.295.